The highest BCUT2D eigenvalue weighted by Gasteiger charge is 2.11. The summed E-state index contributed by atoms with van der Waals surface area (Å²) in [7, 11) is 0. The molecular weight excluding hydrogens is 484 g/mol. The molecule has 188 valence electrons. The Morgan fingerprint density at radius 3 is 2.33 bits per heavy atom. The Labute approximate surface area is 222 Å². The predicted molar refractivity (Wildman–Crippen MR) is 150 cm³/mol. The average Bonchev–Trinajstić information content (AvgIpc) is 3.43. The number of benzene rings is 1. The minimum absolute atomic E-state index is 0.153. The van der Waals surface area contributed by atoms with E-state index in [1.54, 1.807) is 35.5 Å². The molecule has 4 rings (SSSR count). The zero-order chi connectivity index (χ0) is 24.8. The molecule has 7 heteroatoms. The molecule has 0 atom stereocenters. The van der Waals surface area contributed by atoms with Gasteiger partial charge in [-0.1, -0.05) is 80.3 Å². The van der Waals surface area contributed by atoms with Crippen molar-refractivity contribution < 1.29 is 0 Å². The van der Waals surface area contributed by atoms with Gasteiger partial charge in [0.2, 0.25) is 0 Å². The average molecular weight is 519 g/mol. The lowest BCUT2D eigenvalue weighted by Crippen LogP contribution is -2.20. The van der Waals surface area contributed by atoms with Gasteiger partial charge in [0.25, 0.3) is 5.56 Å². The summed E-state index contributed by atoms with van der Waals surface area (Å²) in [4.78, 5) is 26.7. The maximum absolute atomic E-state index is 12.8. The Bertz CT molecular complexity index is 1210. The van der Waals surface area contributed by atoms with Crippen LogP contribution in [0.25, 0.3) is 0 Å². The van der Waals surface area contributed by atoms with Crippen LogP contribution in [0.4, 0.5) is 0 Å². The maximum atomic E-state index is 12.8. The molecule has 0 saturated carbocycles. The van der Waals surface area contributed by atoms with Gasteiger partial charge in [-0.05, 0) is 41.8 Å². The minimum Gasteiger partial charge on any atom is -0.327 e. The van der Waals surface area contributed by atoms with Crippen LogP contribution in [0, 0.1) is 0 Å². The number of nitrogens with zero attached hydrogens (tertiary/aromatic N) is 4. The molecule has 0 bridgehead atoms. The molecule has 0 amide bonds. The smallest absolute Gasteiger partial charge is 0.277 e. The van der Waals surface area contributed by atoms with Crippen molar-refractivity contribution in [1.82, 2.24) is 19.5 Å². The largest absolute Gasteiger partial charge is 0.327 e. The van der Waals surface area contributed by atoms with Gasteiger partial charge in [0.15, 0.2) is 5.16 Å². The second kappa shape index (κ2) is 14.7. The summed E-state index contributed by atoms with van der Waals surface area (Å²) in [6, 6.07) is 15.0. The molecule has 0 spiro atoms. The summed E-state index contributed by atoms with van der Waals surface area (Å²) in [5.74, 6) is 0.832. The Hall–Kier alpha value is -2.77. The standard InChI is InChI=1S/C29H34N4OS2/c34-28-26(18-25-19-30-23-31-20-25)21-33(29(32-28)36-22-27-15-11-17-35-27)16-10-5-3-1-2-4-7-12-24-13-8-6-9-14-24/h6,8-9,11,13-15,17,19-21,23H,1-5,7,10,12,16,18,22H2. The summed E-state index contributed by atoms with van der Waals surface area (Å²) in [6.07, 6.45) is 17.4. The first-order chi connectivity index (χ1) is 17.8. The Balaban J connectivity index is 1.26. The lowest BCUT2D eigenvalue weighted by atomic mass is 10.0. The van der Waals surface area contributed by atoms with Crippen LogP contribution in [-0.2, 0) is 25.1 Å². The number of rotatable bonds is 15. The third-order valence-corrected chi connectivity index (χ3v) is 8.27. The highest BCUT2D eigenvalue weighted by molar-refractivity contribution is 7.98. The van der Waals surface area contributed by atoms with Crippen LogP contribution >= 0.6 is 23.1 Å². The number of unbranched alkanes of at least 4 members (excludes halogenated alkanes) is 6. The molecule has 3 aromatic heterocycles. The topological polar surface area (TPSA) is 60.7 Å². The van der Waals surface area contributed by atoms with Crippen LogP contribution in [0.5, 0.6) is 0 Å². The first-order valence-corrected chi connectivity index (χ1v) is 14.7. The van der Waals surface area contributed by atoms with Gasteiger partial charge in [0.1, 0.15) is 6.33 Å². The summed E-state index contributed by atoms with van der Waals surface area (Å²) >= 11 is 3.39. The molecule has 5 nitrogen and oxygen atoms in total. The second-order valence-electron chi connectivity index (χ2n) is 9.05. The van der Waals surface area contributed by atoms with Gasteiger partial charge >= 0.3 is 0 Å². The van der Waals surface area contributed by atoms with Gasteiger partial charge in [0.05, 0.1) is 0 Å². The number of hydrogen-bond acceptors (Lipinski definition) is 6. The molecule has 0 radical (unpaired) electrons. The lowest BCUT2D eigenvalue weighted by molar-refractivity contribution is 0.515. The number of hydrogen-bond donors (Lipinski definition) is 0. The van der Waals surface area contributed by atoms with Gasteiger partial charge < -0.3 is 4.57 Å². The quantitative estimate of drug-likeness (QED) is 0.0968. The van der Waals surface area contributed by atoms with E-state index in [4.69, 9.17) is 0 Å². The van der Waals surface area contributed by atoms with Crippen molar-refractivity contribution in [2.45, 2.75) is 75.2 Å². The molecule has 0 unspecified atom stereocenters. The molecule has 3 heterocycles. The van der Waals surface area contributed by atoms with E-state index < -0.39 is 0 Å². The van der Waals surface area contributed by atoms with Crippen molar-refractivity contribution >= 4 is 23.1 Å². The number of thiophene rings is 1. The molecule has 0 aliphatic carbocycles. The second-order valence-corrected chi connectivity index (χ2v) is 11.0. The van der Waals surface area contributed by atoms with Crippen molar-refractivity contribution in [2.75, 3.05) is 0 Å². The predicted octanol–water partition coefficient (Wildman–Crippen LogP) is 6.95. The molecule has 0 N–H and O–H groups in total. The monoisotopic (exact) mass is 518 g/mol. The number of aryl methyl sites for hydroxylation is 2. The normalized spacial score (nSPS) is 11.1. The minimum atomic E-state index is -0.153. The van der Waals surface area contributed by atoms with Gasteiger partial charge in [-0.2, -0.15) is 4.98 Å². The summed E-state index contributed by atoms with van der Waals surface area (Å²) in [5, 5.41) is 2.89. The number of aromatic nitrogens is 4. The van der Waals surface area contributed by atoms with E-state index in [1.807, 2.05) is 6.20 Å². The maximum Gasteiger partial charge on any atom is 0.277 e. The van der Waals surface area contributed by atoms with Gasteiger partial charge in [-0.15, -0.1) is 11.3 Å². The van der Waals surface area contributed by atoms with Crippen molar-refractivity contribution in [3.05, 3.63) is 105 Å². The Morgan fingerprint density at radius 1 is 0.833 bits per heavy atom. The van der Waals surface area contributed by atoms with Crippen LogP contribution in [-0.4, -0.2) is 19.5 Å². The van der Waals surface area contributed by atoms with E-state index in [2.05, 4.69) is 67.4 Å². The third-order valence-electron chi connectivity index (χ3n) is 6.17. The van der Waals surface area contributed by atoms with E-state index in [9.17, 15) is 4.79 Å². The van der Waals surface area contributed by atoms with Crippen molar-refractivity contribution in [2.24, 2.45) is 0 Å². The van der Waals surface area contributed by atoms with Crippen LogP contribution in [0.1, 0.15) is 66.5 Å². The first kappa shape index (κ1) is 26.3. The van der Waals surface area contributed by atoms with Crippen molar-refractivity contribution in [1.29, 1.82) is 0 Å². The first-order valence-electron chi connectivity index (χ1n) is 12.8. The fourth-order valence-electron chi connectivity index (χ4n) is 4.23. The Kier molecular flexibility index (Phi) is 10.7. The summed E-state index contributed by atoms with van der Waals surface area (Å²) < 4.78 is 2.18. The lowest BCUT2D eigenvalue weighted by Gasteiger charge is -2.14. The van der Waals surface area contributed by atoms with Crippen LogP contribution < -0.4 is 5.56 Å². The molecule has 0 fully saturated rings. The molecule has 4 aromatic rings. The van der Waals surface area contributed by atoms with Crippen LogP contribution in [0.2, 0.25) is 0 Å². The summed E-state index contributed by atoms with van der Waals surface area (Å²) in [5.41, 5.74) is 2.91. The molecule has 0 aliphatic heterocycles. The van der Waals surface area contributed by atoms with E-state index in [0.717, 1.165) is 29.4 Å². The molecule has 0 aliphatic rings. The van der Waals surface area contributed by atoms with Gasteiger partial charge in [-0.25, -0.2) is 9.97 Å². The van der Waals surface area contributed by atoms with Gasteiger partial charge in [-0.3, -0.25) is 4.79 Å². The fourth-order valence-corrected chi connectivity index (χ4v) is 5.99. The van der Waals surface area contributed by atoms with Crippen LogP contribution in [0.3, 0.4) is 0 Å². The van der Waals surface area contributed by atoms with E-state index in [1.165, 1.54) is 61.7 Å². The van der Waals surface area contributed by atoms with Crippen molar-refractivity contribution in [3.8, 4) is 0 Å². The van der Waals surface area contributed by atoms with Crippen LogP contribution in [0.15, 0.2) is 82.7 Å². The third kappa shape index (κ3) is 8.71. The highest BCUT2D eigenvalue weighted by atomic mass is 32.2. The van der Waals surface area contributed by atoms with E-state index in [-0.39, 0.29) is 5.56 Å². The number of thioether (sulfide) groups is 1. The SMILES string of the molecule is O=c1nc(SCc2cccs2)n(CCCCCCCCCc2ccccc2)cc1Cc1cncnc1. The fraction of sp³-hybridized carbons (Fsp3) is 0.379. The molecule has 36 heavy (non-hydrogen) atoms. The van der Waals surface area contributed by atoms with Gasteiger partial charge in [0, 0.05) is 47.7 Å². The molecular formula is C29H34N4OS2. The Morgan fingerprint density at radius 2 is 1.58 bits per heavy atom. The van der Waals surface area contributed by atoms with Crippen molar-refractivity contribution in [3.63, 3.8) is 0 Å². The van der Waals surface area contributed by atoms with E-state index in [0.29, 0.717) is 12.0 Å². The zero-order valence-electron chi connectivity index (χ0n) is 20.7. The highest BCUT2D eigenvalue weighted by Crippen LogP contribution is 2.24. The summed E-state index contributed by atoms with van der Waals surface area (Å²) in [6.45, 7) is 0.881. The molecule has 1 aromatic carbocycles. The molecule has 0 saturated heterocycles. The zero-order valence-corrected chi connectivity index (χ0v) is 22.4. The van der Waals surface area contributed by atoms with E-state index >= 15 is 0 Å².